The highest BCUT2D eigenvalue weighted by molar-refractivity contribution is 7.46. The Balaban J connectivity index is 2.12. The Labute approximate surface area is 155 Å². The van der Waals surface area contributed by atoms with Crippen molar-refractivity contribution in [2.24, 2.45) is 0 Å². The van der Waals surface area contributed by atoms with Gasteiger partial charge in [0, 0.05) is 22.3 Å². The van der Waals surface area contributed by atoms with Crippen LogP contribution in [0, 0.1) is 0 Å². The van der Waals surface area contributed by atoms with E-state index in [0.29, 0.717) is 35.1 Å². The molecule has 0 aromatic carbocycles. The third-order valence-corrected chi connectivity index (χ3v) is 5.41. The van der Waals surface area contributed by atoms with E-state index in [1.165, 1.54) is 0 Å². The topological polar surface area (TPSA) is 101 Å². The molecular weight excluding hydrogens is 355 g/mol. The van der Waals surface area contributed by atoms with Crippen LogP contribution in [0.4, 0.5) is 0 Å². The molecule has 0 saturated carbocycles. The zero-order chi connectivity index (χ0) is 19.7. The Bertz CT molecular complexity index is 626. The predicted molar refractivity (Wildman–Crippen MR) is 101 cm³/mol. The molecule has 0 bridgehead atoms. The van der Waals surface area contributed by atoms with E-state index in [1.54, 1.807) is 20.8 Å². The molecule has 1 aliphatic carbocycles. The summed E-state index contributed by atoms with van der Waals surface area (Å²) in [5.41, 5.74) is 2.44. The van der Waals surface area contributed by atoms with Crippen molar-refractivity contribution in [3.05, 3.63) is 22.3 Å². The maximum Gasteiger partial charge on any atom is 0.469 e. The molecule has 7 heteroatoms. The number of allylic oxidation sites excluding steroid dienone is 4. The Morgan fingerprint density at radius 2 is 1.19 bits per heavy atom. The minimum atomic E-state index is -4.32. The number of rotatable bonds is 12. The third-order valence-electron chi connectivity index (χ3n) is 4.89. The van der Waals surface area contributed by atoms with Gasteiger partial charge >= 0.3 is 7.82 Å². The van der Waals surface area contributed by atoms with Gasteiger partial charge in [0.25, 0.3) is 0 Å². The number of ketones is 2. The summed E-state index contributed by atoms with van der Waals surface area (Å²) in [6.45, 7) is 5.29. The lowest BCUT2D eigenvalue weighted by atomic mass is 9.84. The van der Waals surface area contributed by atoms with E-state index in [-0.39, 0.29) is 18.2 Å². The molecule has 0 aromatic heterocycles. The van der Waals surface area contributed by atoms with Gasteiger partial charge in [0.1, 0.15) is 0 Å². The van der Waals surface area contributed by atoms with Crippen LogP contribution >= 0.6 is 7.82 Å². The summed E-state index contributed by atoms with van der Waals surface area (Å²) in [6, 6.07) is 0. The molecule has 0 aliphatic heterocycles. The van der Waals surface area contributed by atoms with Crippen LogP contribution in [-0.2, 0) is 18.7 Å². The van der Waals surface area contributed by atoms with Gasteiger partial charge in [-0.1, -0.05) is 38.5 Å². The summed E-state index contributed by atoms with van der Waals surface area (Å²) in [5, 5.41) is 0. The Morgan fingerprint density at radius 1 is 0.731 bits per heavy atom. The van der Waals surface area contributed by atoms with E-state index in [4.69, 9.17) is 9.79 Å². The first-order valence-corrected chi connectivity index (χ1v) is 10.8. The van der Waals surface area contributed by atoms with Gasteiger partial charge < -0.3 is 9.79 Å². The Hall–Kier alpha value is -1.07. The molecule has 0 spiro atoms. The average Bonchev–Trinajstić information content (AvgIpc) is 2.57. The number of hydrogen-bond donors (Lipinski definition) is 2. The maximum absolute atomic E-state index is 12.3. The molecule has 0 amide bonds. The molecule has 0 heterocycles. The molecule has 6 nitrogen and oxygen atoms in total. The second kappa shape index (κ2) is 10.9. The summed E-state index contributed by atoms with van der Waals surface area (Å²) in [6.07, 6.45) is 8.44. The van der Waals surface area contributed by atoms with Crippen molar-refractivity contribution < 1.29 is 28.5 Å². The SMILES string of the molecule is CC1=C(C)C(=O)C(CCCCCCCCCCOP(=O)(O)O)=C(C)C1=O. The number of carbonyl (C=O) groups excluding carboxylic acids is 2. The van der Waals surface area contributed by atoms with Crippen molar-refractivity contribution in [3.8, 4) is 0 Å². The number of hydrogen-bond acceptors (Lipinski definition) is 4. The first kappa shape index (κ1) is 23.0. The lowest BCUT2D eigenvalue weighted by Crippen LogP contribution is -2.20. The van der Waals surface area contributed by atoms with Crippen molar-refractivity contribution in [1.29, 1.82) is 0 Å². The van der Waals surface area contributed by atoms with E-state index in [2.05, 4.69) is 4.52 Å². The van der Waals surface area contributed by atoms with Gasteiger partial charge in [0.15, 0.2) is 11.6 Å². The smallest absolute Gasteiger partial charge is 0.303 e. The van der Waals surface area contributed by atoms with E-state index < -0.39 is 7.82 Å². The number of phosphoric ester groups is 1. The number of carbonyl (C=O) groups is 2. The highest BCUT2D eigenvalue weighted by Gasteiger charge is 2.27. The lowest BCUT2D eigenvalue weighted by Gasteiger charge is -2.18. The predicted octanol–water partition coefficient (Wildman–Crippen LogP) is 4.41. The zero-order valence-corrected chi connectivity index (χ0v) is 16.9. The highest BCUT2D eigenvalue weighted by atomic mass is 31.2. The summed E-state index contributed by atoms with van der Waals surface area (Å²) in [5.74, 6) is 0.0250. The van der Waals surface area contributed by atoms with Crippen LogP contribution in [0.15, 0.2) is 22.3 Å². The minimum absolute atomic E-state index is 0.000158. The van der Waals surface area contributed by atoms with Gasteiger partial charge in [-0.15, -0.1) is 0 Å². The van der Waals surface area contributed by atoms with Crippen LogP contribution < -0.4 is 0 Å². The van der Waals surface area contributed by atoms with Crippen LogP contribution in [0.2, 0.25) is 0 Å². The lowest BCUT2D eigenvalue weighted by molar-refractivity contribution is -0.116. The van der Waals surface area contributed by atoms with Crippen molar-refractivity contribution in [2.45, 2.75) is 78.6 Å². The standard InChI is InChI=1S/C19H31O6P/c1-14-15(2)19(21)17(16(3)18(14)20)12-10-8-6-4-5-7-9-11-13-25-26(22,23)24/h4-13H2,1-3H3,(H2,22,23,24). The van der Waals surface area contributed by atoms with Crippen LogP contribution in [-0.4, -0.2) is 28.0 Å². The third kappa shape index (κ3) is 7.67. The Morgan fingerprint density at radius 3 is 1.73 bits per heavy atom. The van der Waals surface area contributed by atoms with Crippen LogP contribution in [0.5, 0.6) is 0 Å². The summed E-state index contributed by atoms with van der Waals surface area (Å²) in [7, 11) is -4.32. The Kier molecular flexibility index (Phi) is 9.66. The normalized spacial score (nSPS) is 16.0. The van der Waals surface area contributed by atoms with Crippen molar-refractivity contribution in [3.63, 3.8) is 0 Å². The molecule has 26 heavy (non-hydrogen) atoms. The van der Waals surface area contributed by atoms with E-state index in [1.807, 2.05) is 0 Å². The van der Waals surface area contributed by atoms with Gasteiger partial charge in [0.05, 0.1) is 6.61 Å². The van der Waals surface area contributed by atoms with Gasteiger partial charge in [-0.3, -0.25) is 14.1 Å². The monoisotopic (exact) mass is 386 g/mol. The van der Waals surface area contributed by atoms with Crippen LogP contribution in [0.25, 0.3) is 0 Å². The number of unbranched alkanes of at least 4 members (excludes halogenated alkanes) is 7. The fraction of sp³-hybridized carbons (Fsp3) is 0.684. The second-order valence-corrected chi connectivity index (χ2v) is 8.15. The van der Waals surface area contributed by atoms with Gasteiger partial charge in [-0.2, -0.15) is 0 Å². The largest absolute Gasteiger partial charge is 0.469 e. The molecule has 0 saturated heterocycles. The van der Waals surface area contributed by atoms with Gasteiger partial charge in [-0.05, 0) is 40.0 Å². The van der Waals surface area contributed by atoms with Gasteiger partial charge in [-0.25, -0.2) is 4.57 Å². The maximum atomic E-state index is 12.3. The minimum Gasteiger partial charge on any atom is -0.303 e. The van der Waals surface area contributed by atoms with Crippen molar-refractivity contribution in [1.82, 2.24) is 0 Å². The quantitative estimate of drug-likeness (QED) is 0.293. The fourth-order valence-corrected chi connectivity index (χ4v) is 3.47. The van der Waals surface area contributed by atoms with Gasteiger partial charge in [0.2, 0.25) is 0 Å². The molecule has 0 fully saturated rings. The first-order chi connectivity index (χ1) is 12.1. The van der Waals surface area contributed by atoms with Crippen molar-refractivity contribution in [2.75, 3.05) is 6.61 Å². The molecule has 0 aromatic rings. The molecule has 0 unspecified atom stereocenters. The summed E-state index contributed by atoms with van der Waals surface area (Å²) in [4.78, 5) is 41.5. The molecule has 0 radical (unpaired) electrons. The summed E-state index contributed by atoms with van der Waals surface area (Å²) < 4.78 is 14.9. The fourth-order valence-electron chi connectivity index (χ4n) is 3.10. The van der Waals surface area contributed by atoms with Crippen molar-refractivity contribution >= 4 is 19.4 Å². The van der Waals surface area contributed by atoms with Crippen LogP contribution in [0.1, 0.15) is 78.6 Å². The average molecular weight is 386 g/mol. The molecular formula is C19H31O6P. The van der Waals surface area contributed by atoms with E-state index in [9.17, 15) is 14.2 Å². The number of phosphoric acid groups is 1. The van der Waals surface area contributed by atoms with E-state index >= 15 is 0 Å². The zero-order valence-electron chi connectivity index (χ0n) is 16.0. The highest BCUT2D eigenvalue weighted by Crippen LogP contribution is 2.35. The molecule has 1 rings (SSSR count). The molecule has 0 atom stereocenters. The number of Topliss-reactive ketones (excluding diaryl/α,β-unsaturated/α-hetero) is 2. The van der Waals surface area contributed by atoms with Crippen LogP contribution in [0.3, 0.4) is 0 Å². The molecule has 2 N–H and O–H groups in total. The van der Waals surface area contributed by atoms with E-state index in [0.717, 1.165) is 44.9 Å². The molecule has 1 aliphatic rings. The first-order valence-electron chi connectivity index (χ1n) is 9.32. The second-order valence-electron chi connectivity index (χ2n) is 6.91. The summed E-state index contributed by atoms with van der Waals surface area (Å²) >= 11 is 0. The molecule has 148 valence electrons.